The van der Waals surface area contributed by atoms with Gasteiger partial charge in [0.25, 0.3) is 0 Å². The molecule has 2 saturated carbocycles. The van der Waals surface area contributed by atoms with Crippen LogP contribution in [0.3, 0.4) is 0 Å². The van der Waals surface area contributed by atoms with Crippen LogP contribution in [0.15, 0.2) is 23.3 Å². The maximum atomic E-state index is 12.7. The van der Waals surface area contributed by atoms with Gasteiger partial charge in [-0.3, -0.25) is 28.8 Å². The number of aryl methyl sites for hydroxylation is 1. The summed E-state index contributed by atoms with van der Waals surface area (Å²) in [5.74, 6) is 1.62. The van der Waals surface area contributed by atoms with Gasteiger partial charge in [0.05, 0.1) is 11.3 Å². The Labute approximate surface area is 269 Å². The minimum absolute atomic E-state index is 0.0147. The average molecular weight is 644 g/mol. The van der Waals surface area contributed by atoms with E-state index in [2.05, 4.69) is 41.1 Å². The van der Waals surface area contributed by atoms with Crippen LogP contribution in [0.5, 0.6) is 5.75 Å². The van der Waals surface area contributed by atoms with E-state index in [1.807, 2.05) is 12.1 Å². The van der Waals surface area contributed by atoms with Crippen molar-refractivity contribution in [2.24, 2.45) is 28.1 Å². The summed E-state index contributed by atoms with van der Waals surface area (Å²) < 4.78 is 2.55. The normalized spacial score (nSPS) is 29.3. The molecule has 6 atom stereocenters. The standard InChI is InChI=1S/C32H45N5O5S2/c1-32-14-12-22-21-9-7-20(38)17-19(21)6-8-23(22)24(32)10-11-27(32)34-35-28(39)5-3-2-4-15-37-29(40)18-26(31(37)42)44-16-13-25(36-43)30(33)41/h7,9,17,22-26,36,38,43H,2-6,8,10-16,18H2,1H3,(H2,33,41)(H,35,39)/b34-27+. The molecule has 44 heavy (non-hydrogen) atoms. The number of phenols is 1. The molecule has 0 radical (unpaired) electrons. The molecule has 0 bridgehead atoms. The Morgan fingerprint density at radius 3 is 2.80 bits per heavy atom. The number of unbranched alkanes of at least 4 members (excludes halogenated alkanes) is 2. The van der Waals surface area contributed by atoms with Crippen LogP contribution in [0.4, 0.5) is 0 Å². The minimum atomic E-state index is -0.580. The molecule has 5 rings (SSSR count). The van der Waals surface area contributed by atoms with Crippen molar-refractivity contribution < 1.29 is 24.3 Å². The number of carbonyl (C=O) groups is 4. The minimum Gasteiger partial charge on any atom is -0.508 e. The molecular formula is C32H45N5O5S2. The van der Waals surface area contributed by atoms with Gasteiger partial charge in [0.15, 0.2) is 0 Å². The number of thioether (sulfide) groups is 1. The Kier molecular flexibility index (Phi) is 10.6. The summed E-state index contributed by atoms with van der Waals surface area (Å²) in [6.45, 7) is 2.69. The molecule has 4 aliphatic rings. The predicted molar refractivity (Wildman–Crippen MR) is 174 cm³/mol. The van der Waals surface area contributed by atoms with Crippen molar-refractivity contribution in [1.29, 1.82) is 0 Å². The van der Waals surface area contributed by atoms with Crippen LogP contribution in [0, 0.1) is 17.3 Å². The third-order valence-electron chi connectivity index (χ3n) is 10.5. The van der Waals surface area contributed by atoms with Crippen molar-refractivity contribution in [1.82, 2.24) is 15.0 Å². The maximum Gasteiger partial charge on any atom is 0.242 e. The molecule has 1 heterocycles. The molecule has 3 aliphatic carbocycles. The number of fused-ring (bicyclic) bond motifs is 5. The summed E-state index contributed by atoms with van der Waals surface area (Å²) in [6, 6.07) is 5.30. The van der Waals surface area contributed by atoms with E-state index in [-0.39, 0.29) is 29.6 Å². The van der Waals surface area contributed by atoms with Crippen LogP contribution >= 0.6 is 24.6 Å². The number of primary amides is 1. The number of benzene rings is 1. The number of nitrogens with two attached hydrogens (primary N) is 1. The van der Waals surface area contributed by atoms with Crippen molar-refractivity contribution in [3.63, 3.8) is 0 Å². The third kappa shape index (κ3) is 6.97. The molecule has 240 valence electrons. The van der Waals surface area contributed by atoms with Gasteiger partial charge < -0.3 is 10.8 Å². The van der Waals surface area contributed by atoms with Crippen LogP contribution in [0.1, 0.15) is 94.6 Å². The number of nitrogens with one attached hydrogen (secondary N) is 2. The Bertz CT molecular complexity index is 1310. The van der Waals surface area contributed by atoms with Crippen molar-refractivity contribution >= 4 is 53.9 Å². The van der Waals surface area contributed by atoms with Crippen LogP contribution < -0.4 is 15.9 Å². The number of nitrogens with zero attached hydrogens (tertiary/aromatic N) is 2. The van der Waals surface area contributed by atoms with Crippen LogP contribution in [0.2, 0.25) is 0 Å². The molecule has 10 nitrogen and oxygen atoms in total. The number of hydrogen-bond donors (Lipinski definition) is 5. The number of hydrogen-bond acceptors (Lipinski definition) is 9. The van der Waals surface area contributed by atoms with Crippen molar-refractivity contribution in [3.05, 3.63) is 29.3 Å². The second-order valence-electron chi connectivity index (χ2n) is 13.0. The zero-order valence-electron chi connectivity index (χ0n) is 25.4. The van der Waals surface area contributed by atoms with Gasteiger partial charge in [-0.05, 0) is 105 Å². The highest BCUT2D eigenvalue weighted by Crippen LogP contribution is 2.59. The molecular weight excluding hydrogens is 599 g/mol. The summed E-state index contributed by atoms with van der Waals surface area (Å²) >= 11 is 5.27. The summed E-state index contributed by atoms with van der Waals surface area (Å²) in [6.07, 6.45) is 9.32. The van der Waals surface area contributed by atoms with Gasteiger partial charge in [-0.2, -0.15) is 5.10 Å². The van der Waals surface area contributed by atoms with Crippen LogP contribution in [-0.2, 0) is 25.6 Å². The summed E-state index contributed by atoms with van der Waals surface area (Å²) in [5, 5.41) is 14.2. The Morgan fingerprint density at radius 1 is 1.20 bits per heavy atom. The van der Waals surface area contributed by atoms with Gasteiger partial charge in [0.2, 0.25) is 23.6 Å². The number of carbonyl (C=O) groups excluding carboxylic acids is 4. The molecule has 1 saturated heterocycles. The number of aromatic hydroxyl groups is 1. The van der Waals surface area contributed by atoms with Gasteiger partial charge >= 0.3 is 0 Å². The predicted octanol–water partition coefficient (Wildman–Crippen LogP) is 3.82. The lowest BCUT2D eigenvalue weighted by Crippen LogP contribution is -2.43. The lowest BCUT2D eigenvalue weighted by atomic mass is 9.55. The number of rotatable bonds is 13. The second-order valence-corrected chi connectivity index (χ2v) is 14.6. The molecule has 4 amide bonds. The van der Waals surface area contributed by atoms with E-state index in [0.717, 1.165) is 50.7 Å². The number of hydrazone groups is 1. The van der Waals surface area contributed by atoms with Crippen molar-refractivity contribution in [2.75, 3.05) is 12.3 Å². The molecule has 1 aliphatic heterocycles. The second kappa shape index (κ2) is 14.2. The fourth-order valence-electron chi connectivity index (χ4n) is 8.08. The Morgan fingerprint density at radius 2 is 2.02 bits per heavy atom. The first-order valence-electron chi connectivity index (χ1n) is 15.9. The lowest BCUT2D eigenvalue weighted by Gasteiger charge is -2.49. The first-order valence-corrected chi connectivity index (χ1v) is 17.4. The van der Waals surface area contributed by atoms with Gasteiger partial charge in [0.1, 0.15) is 5.75 Å². The smallest absolute Gasteiger partial charge is 0.242 e. The van der Waals surface area contributed by atoms with E-state index in [0.29, 0.717) is 61.5 Å². The SMILES string of the molecule is CC12CCC3c4ccc(O)cc4CCC3C1CC/C2=N\NC(=O)CCCCCN1C(=O)CC(SCCC(NS)C(N)=O)C1=O. The van der Waals surface area contributed by atoms with E-state index < -0.39 is 17.2 Å². The van der Waals surface area contributed by atoms with E-state index in [4.69, 9.17) is 5.73 Å². The first kappa shape index (κ1) is 32.8. The molecule has 5 N–H and O–H groups in total. The van der Waals surface area contributed by atoms with Crippen LogP contribution in [0.25, 0.3) is 0 Å². The fourth-order valence-corrected chi connectivity index (χ4v) is 9.52. The van der Waals surface area contributed by atoms with Gasteiger partial charge in [-0.15, -0.1) is 11.8 Å². The summed E-state index contributed by atoms with van der Waals surface area (Å²) in [4.78, 5) is 50.4. The number of phenolic OH excluding ortho intramolecular Hbond substituents is 1. The molecule has 12 heteroatoms. The number of thiol groups is 1. The van der Waals surface area contributed by atoms with Crippen molar-refractivity contribution in [3.8, 4) is 5.75 Å². The van der Waals surface area contributed by atoms with E-state index in [9.17, 15) is 24.3 Å². The zero-order chi connectivity index (χ0) is 31.4. The quantitative estimate of drug-likeness (QED) is 0.0948. The molecule has 3 fully saturated rings. The average Bonchev–Trinajstić information content (AvgIpc) is 3.47. The monoisotopic (exact) mass is 643 g/mol. The number of likely N-dealkylation sites (tertiary alicyclic amines) is 1. The van der Waals surface area contributed by atoms with E-state index in [1.54, 1.807) is 0 Å². The maximum absolute atomic E-state index is 12.7. The molecule has 0 spiro atoms. The van der Waals surface area contributed by atoms with Crippen LogP contribution in [-0.4, -0.2) is 62.9 Å². The van der Waals surface area contributed by atoms with Gasteiger partial charge in [0, 0.05) is 30.5 Å². The first-order chi connectivity index (χ1) is 21.1. The highest BCUT2D eigenvalue weighted by atomic mass is 32.2. The Balaban J connectivity index is 1.02. The highest BCUT2D eigenvalue weighted by molar-refractivity contribution is 8.00. The molecule has 1 aromatic carbocycles. The van der Waals surface area contributed by atoms with E-state index >= 15 is 0 Å². The van der Waals surface area contributed by atoms with Gasteiger partial charge in [-0.25, -0.2) is 5.43 Å². The van der Waals surface area contributed by atoms with E-state index in [1.165, 1.54) is 27.8 Å². The number of amides is 4. The fraction of sp³-hybridized carbons (Fsp3) is 0.656. The summed E-state index contributed by atoms with van der Waals surface area (Å²) in [7, 11) is 0. The highest BCUT2D eigenvalue weighted by Gasteiger charge is 2.53. The largest absolute Gasteiger partial charge is 0.508 e. The number of imide groups is 1. The molecule has 0 aromatic heterocycles. The summed E-state index contributed by atoms with van der Waals surface area (Å²) in [5.41, 5.74) is 12.0. The Hall–Kier alpha value is -2.57. The third-order valence-corrected chi connectivity index (χ3v) is 12.0. The zero-order valence-corrected chi connectivity index (χ0v) is 27.1. The lowest BCUT2D eigenvalue weighted by molar-refractivity contribution is -0.138. The topological polar surface area (TPSA) is 154 Å². The molecule has 1 aromatic rings. The van der Waals surface area contributed by atoms with Gasteiger partial charge in [-0.1, -0.05) is 32.2 Å². The van der Waals surface area contributed by atoms with Crippen molar-refractivity contribution in [2.45, 2.75) is 101 Å². The molecule has 6 unspecified atom stereocenters.